The van der Waals surface area contributed by atoms with E-state index in [-0.39, 0.29) is 0 Å². The second kappa shape index (κ2) is 6.23. The maximum absolute atomic E-state index is 9.00. The molecule has 0 amide bonds. The van der Waals surface area contributed by atoms with Gasteiger partial charge in [-0.2, -0.15) is 0 Å². The molecule has 0 aliphatic carbocycles. The average Bonchev–Trinajstić information content (AvgIpc) is 2.46. The van der Waals surface area contributed by atoms with Crippen molar-refractivity contribution in [3.63, 3.8) is 0 Å². The van der Waals surface area contributed by atoms with Gasteiger partial charge in [0.15, 0.2) is 0 Å². The zero-order valence-electron chi connectivity index (χ0n) is 10.7. The lowest BCUT2D eigenvalue weighted by atomic mass is 9.80. The highest BCUT2D eigenvalue weighted by Gasteiger charge is 2.08. The molecule has 3 nitrogen and oxygen atoms in total. The summed E-state index contributed by atoms with van der Waals surface area (Å²) >= 11 is 0. The predicted molar refractivity (Wildman–Crippen MR) is 78.2 cm³/mol. The Morgan fingerprint density at radius 3 is 1.74 bits per heavy atom. The van der Waals surface area contributed by atoms with Crippen LogP contribution in [0.2, 0.25) is 0 Å². The van der Waals surface area contributed by atoms with Crippen LogP contribution in [-0.4, -0.2) is 24.3 Å². The van der Waals surface area contributed by atoms with Gasteiger partial charge in [-0.05, 0) is 28.7 Å². The van der Waals surface area contributed by atoms with Crippen LogP contribution in [0.25, 0.3) is 12.2 Å². The molecular formula is C15H15BO3. The minimum atomic E-state index is -1.42. The Bertz CT molecular complexity index is 545. The van der Waals surface area contributed by atoms with Crippen molar-refractivity contribution in [3.05, 3.63) is 59.7 Å². The van der Waals surface area contributed by atoms with E-state index in [1.54, 1.807) is 19.2 Å². The van der Waals surface area contributed by atoms with Crippen molar-refractivity contribution in [3.8, 4) is 5.75 Å². The summed E-state index contributed by atoms with van der Waals surface area (Å²) in [5, 5.41) is 18.0. The fourth-order valence-corrected chi connectivity index (χ4v) is 1.69. The molecule has 0 bridgehead atoms. The molecule has 2 aromatic rings. The Labute approximate surface area is 112 Å². The second-order valence-corrected chi connectivity index (χ2v) is 4.15. The van der Waals surface area contributed by atoms with Gasteiger partial charge >= 0.3 is 7.12 Å². The van der Waals surface area contributed by atoms with Crippen LogP contribution >= 0.6 is 0 Å². The Morgan fingerprint density at radius 1 is 0.842 bits per heavy atom. The van der Waals surface area contributed by atoms with E-state index in [2.05, 4.69) is 0 Å². The first-order valence-electron chi connectivity index (χ1n) is 5.97. The summed E-state index contributed by atoms with van der Waals surface area (Å²) in [6, 6.07) is 14.8. The highest BCUT2D eigenvalue weighted by molar-refractivity contribution is 6.58. The number of benzene rings is 2. The van der Waals surface area contributed by atoms with E-state index < -0.39 is 7.12 Å². The van der Waals surface area contributed by atoms with Gasteiger partial charge in [-0.1, -0.05) is 48.6 Å². The molecule has 0 saturated heterocycles. The molecule has 0 saturated carbocycles. The number of ether oxygens (including phenoxy) is 1. The van der Waals surface area contributed by atoms with E-state index >= 15 is 0 Å². The van der Waals surface area contributed by atoms with E-state index in [1.165, 1.54) is 0 Å². The van der Waals surface area contributed by atoms with E-state index in [0.717, 1.165) is 16.9 Å². The van der Waals surface area contributed by atoms with Gasteiger partial charge in [0.25, 0.3) is 0 Å². The molecule has 0 unspecified atom stereocenters. The van der Waals surface area contributed by atoms with Gasteiger partial charge in [0.05, 0.1) is 7.11 Å². The largest absolute Gasteiger partial charge is 0.497 e. The van der Waals surface area contributed by atoms with Gasteiger partial charge in [-0.15, -0.1) is 0 Å². The van der Waals surface area contributed by atoms with Crippen molar-refractivity contribution >= 4 is 24.7 Å². The fourth-order valence-electron chi connectivity index (χ4n) is 1.69. The maximum atomic E-state index is 9.00. The molecule has 0 radical (unpaired) electrons. The molecular weight excluding hydrogens is 239 g/mol. The summed E-state index contributed by atoms with van der Waals surface area (Å²) in [5.74, 6) is 0.832. The zero-order chi connectivity index (χ0) is 13.7. The summed E-state index contributed by atoms with van der Waals surface area (Å²) in [7, 11) is 0.224. The third-order valence-electron chi connectivity index (χ3n) is 2.82. The molecule has 2 N–H and O–H groups in total. The van der Waals surface area contributed by atoms with Crippen molar-refractivity contribution in [1.29, 1.82) is 0 Å². The first-order chi connectivity index (χ1) is 9.19. The molecule has 0 fully saturated rings. The van der Waals surface area contributed by atoms with Crippen LogP contribution in [0.3, 0.4) is 0 Å². The fraction of sp³-hybridized carbons (Fsp3) is 0.0667. The highest BCUT2D eigenvalue weighted by Crippen LogP contribution is 2.13. The van der Waals surface area contributed by atoms with Crippen molar-refractivity contribution in [2.24, 2.45) is 0 Å². The lowest BCUT2D eigenvalue weighted by Crippen LogP contribution is -2.29. The molecule has 0 heterocycles. The average molecular weight is 254 g/mol. The summed E-state index contributed by atoms with van der Waals surface area (Å²) in [6.07, 6.45) is 3.96. The lowest BCUT2D eigenvalue weighted by Gasteiger charge is -2.00. The van der Waals surface area contributed by atoms with Crippen molar-refractivity contribution in [2.75, 3.05) is 7.11 Å². The van der Waals surface area contributed by atoms with Crippen LogP contribution in [0.15, 0.2) is 48.5 Å². The molecule has 0 aliphatic heterocycles. The molecule has 2 aromatic carbocycles. The molecule has 0 aromatic heterocycles. The lowest BCUT2D eigenvalue weighted by molar-refractivity contribution is 0.415. The molecule has 4 heteroatoms. The van der Waals surface area contributed by atoms with Gasteiger partial charge in [0.2, 0.25) is 0 Å². The zero-order valence-corrected chi connectivity index (χ0v) is 10.7. The number of rotatable bonds is 4. The Hall–Kier alpha value is -2.04. The third-order valence-corrected chi connectivity index (χ3v) is 2.82. The number of hydrogen-bond donors (Lipinski definition) is 2. The molecule has 2 rings (SSSR count). The van der Waals surface area contributed by atoms with E-state index in [0.29, 0.717) is 5.46 Å². The maximum Gasteiger partial charge on any atom is 0.488 e. The van der Waals surface area contributed by atoms with Crippen molar-refractivity contribution in [2.45, 2.75) is 0 Å². The van der Waals surface area contributed by atoms with E-state index in [9.17, 15) is 0 Å². The first-order valence-corrected chi connectivity index (χ1v) is 5.97. The van der Waals surface area contributed by atoms with Gasteiger partial charge in [-0.3, -0.25) is 0 Å². The predicted octanol–water partition coefficient (Wildman–Crippen LogP) is 1.55. The minimum Gasteiger partial charge on any atom is -0.497 e. The summed E-state index contributed by atoms with van der Waals surface area (Å²) in [4.78, 5) is 0. The van der Waals surface area contributed by atoms with Gasteiger partial charge in [0, 0.05) is 0 Å². The Balaban J connectivity index is 2.08. The molecule has 0 aliphatic rings. The monoisotopic (exact) mass is 254 g/mol. The van der Waals surface area contributed by atoms with Crippen molar-refractivity contribution < 1.29 is 14.8 Å². The second-order valence-electron chi connectivity index (χ2n) is 4.15. The van der Waals surface area contributed by atoms with Crippen LogP contribution in [-0.2, 0) is 0 Å². The van der Waals surface area contributed by atoms with Crippen LogP contribution in [0.1, 0.15) is 11.1 Å². The van der Waals surface area contributed by atoms with Gasteiger partial charge in [-0.25, -0.2) is 0 Å². The summed E-state index contributed by atoms with van der Waals surface area (Å²) in [6.45, 7) is 0. The van der Waals surface area contributed by atoms with Crippen LogP contribution in [0.5, 0.6) is 5.75 Å². The van der Waals surface area contributed by atoms with Crippen LogP contribution in [0.4, 0.5) is 0 Å². The molecule has 0 spiro atoms. The number of methoxy groups -OCH3 is 1. The quantitative estimate of drug-likeness (QED) is 0.642. The van der Waals surface area contributed by atoms with E-state index in [4.69, 9.17) is 14.8 Å². The summed E-state index contributed by atoms with van der Waals surface area (Å²) < 4.78 is 5.10. The summed E-state index contributed by atoms with van der Waals surface area (Å²) in [5.41, 5.74) is 2.56. The Morgan fingerprint density at radius 2 is 1.32 bits per heavy atom. The Kier molecular flexibility index (Phi) is 4.39. The third kappa shape index (κ3) is 3.71. The molecule has 19 heavy (non-hydrogen) atoms. The van der Waals surface area contributed by atoms with Gasteiger partial charge in [0.1, 0.15) is 5.75 Å². The van der Waals surface area contributed by atoms with Gasteiger partial charge < -0.3 is 14.8 Å². The topological polar surface area (TPSA) is 49.7 Å². The highest BCUT2D eigenvalue weighted by atomic mass is 16.5. The van der Waals surface area contributed by atoms with Crippen molar-refractivity contribution in [1.82, 2.24) is 0 Å². The SMILES string of the molecule is COc1ccc(/C=C/c2ccc(B(O)O)cc2)cc1. The van der Waals surface area contributed by atoms with Crippen LogP contribution < -0.4 is 10.2 Å². The molecule has 0 atom stereocenters. The standard InChI is InChI=1S/C15H15BO3/c1-19-15-10-6-13(7-11-15)3-2-12-4-8-14(9-5-12)16(17)18/h2-11,17-18H,1H3/b3-2+. The first kappa shape index (κ1) is 13.4. The van der Waals surface area contributed by atoms with Crippen LogP contribution in [0, 0.1) is 0 Å². The normalized spacial score (nSPS) is 10.7. The smallest absolute Gasteiger partial charge is 0.488 e. The minimum absolute atomic E-state index is 0.488. The molecule has 96 valence electrons. The number of hydrogen-bond acceptors (Lipinski definition) is 3. The van der Waals surface area contributed by atoms with E-state index in [1.807, 2.05) is 48.6 Å².